The Bertz CT molecular complexity index is 451. The number of hydrogen-bond acceptors (Lipinski definition) is 4. The summed E-state index contributed by atoms with van der Waals surface area (Å²) in [4.78, 5) is 6.66. The fourth-order valence-corrected chi connectivity index (χ4v) is 3.54. The molecule has 1 aliphatic carbocycles. The number of fused-ring (bicyclic) bond motifs is 1. The Morgan fingerprint density at radius 1 is 1.38 bits per heavy atom. The summed E-state index contributed by atoms with van der Waals surface area (Å²) in [7, 11) is 0. The maximum absolute atomic E-state index is 6.05. The van der Waals surface area contributed by atoms with Crippen molar-refractivity contribution in [3.8, 4) is 0 Å². The summed E-state index contributed by atoms with van der Waals surface area (Å²) in [5, 5.41) is 0. The number of pyridine rings is 1. The van der Waals surface area contributed by atoms with Crippen LogP contribution in [0.25, 0.3) is 0 Å². The molecule has 0 spiro atoms. The third-order valence-electron chi connectivity index (χ3n) is 4.54. The molecular weight excluding hydrogens is 264 g/mol. The minimum Gasteiger partial charge on any atom is -0.377 e. The summed E-state index contributed by atoms with van der Waals surface area (Å²) in [6, 6.07) is 4.73. The van der Waals surface area contributed by atoms with Crippen molar-refractivity contribution >= 4 is 0 Å². The van der Waals surface area contributed by atoms with E-state index in [2.05, 4.69) is 28.6 Å². The fraction of sp³-hybridized carbons (Fsp3) is 0.588. The van der Waals surface area contributed by atoms with E-state index in [4.69, 9.17) is 9.47 Å². The highest BCUT2D eigenvalue weighted by atomic mass is 16.5. The van der Waals surface area contributed by atoms with Crippen LogP contribution in [0.1, 0.15) is 18.4 Å². The predicted octanol–water partition coefficient (Wildman–Crippen LogP) is 2.26. The molecule has 0 bridgehead atoms. The van der Waals surface area contributed by atoms with Gasteiger partial charge < -0.3 is 9.47 Å². The molecule has 1 saturated heterocycles. The lowest BCUT2D eigenvalue weighted by Gasteiger charge is -2.39. The molecule has 1 aromatic rings. The zero-order valence-electron chi connectivity index (χ0n) is 12.5. The standard InChI is InChI=1S/C17H24N2O2/c1-2-10-20-13-15-3-4-16-17(15)21-11-9-19(16)12-14-5-7-18-8-6-14/h2,5-8,15-17H,1,3-4,9-13H2. The van der Waals surface area contributed by atoms with E-state index < -0.39 is 0 Å². The second-order valence-corrected chi connectivity index (χ2v) is 5.89. The quantitative estimate of drug-likeness (QED) is 0.594. The van der Waals surface area contributed by atoms with Crippen LogP contribution in [0.3, 0.4) is 0 Å². The van der Waals surface area contributed by atoms with Crippen molar-refractivity contribution in [1.82, 2.24) is 9.88 Å². The molecule has 4 nitrogen and oxygen atoms in total. The second-order valence-electron chi connectivity index (χ2n) is 5.89. The highest BCUT2D eigenvalue weighted by molar-refractivity contribution is 5.10. The van der Waals surface area contributed by atoms with Gasteiger partial charge in [-0.25, -0.2) is 0 Å². The van der Waals surface area contributed by atoms with Gasteiger partial charge in [-0.15, -0.1) is 6.58 Å². The van der Waals surface area contributed by atoms with E-state index in [9.17, 15) is 0 Å². The normalized spacial score (nSPS) is 29.2. The lowest BCUT2D eigenvalue weighted by molar-refractivity contribution is -0.0869. The van der Waals surface area contributed by atoms with E-state index >= 15 is 0 Å². The van der Waals surface area contributed by atoms with Crippen LogP contribution >= 0.6 is 0 Å². The van der Waals surface area contributed by atoms with Gasteiger partial charge in [0.2, 0.25) is 0 Å². The molecule has 4 heteroatoms. The van der Waals surface area contributed by atoms with Crippen molar-refractivity contribution in [2.45, 2.75) is 31.5 Å². The second kappa shape index (κ2) is 7.16. The molecule has 3 atom stereocenters. The molecule has 0 amide bonds. The molecule has 2 fully saturated rings. The highest BCUT2D eigenvalue weighted by Gasteiger charge is 2.42. The lowest BCUT2D eigenvalue weighted by Crippen LogP contribution is -2.50. The van der Waals surface area contributed by atoms with Crippen molar-refractivity contribution in [3.63, 3.8) is 0 Å². The van der Waals surface area contributed by atoms with Gasteiger partial charge in [0.1, 0.15) is 0 Å². The minimum atomic E-state index is 0.324. The smallest absolute Gasteiger partial charge is 0.0781 e. The predicted molar refractivity (Wildman–Crippen MR) is 81.9 cm³/mol. The van der Waals surface area contributed by atoms with Crippen molar-refractivity contribution in [1.29, 1.82) is 0 Å². The molecule has 114 valence electrons. The third-order valence-corrected chi connectivity index (χ3v) is 4.54. The van der Waals surface area contributed by atoms with Crippen LogP contribution in [0.15, 0.2) is 37.2 Å². The topological polar surface area (TPSA) is 34.6 Å². The molecule has 2 heterocycles. The minimum absolute atomic E-state index is 0.324. The molecule has 21 heavy (non-hydrogen) atoms. The fourth-order valence-electron chi connectivity index (χ4n) is 3.54. The molecular formula is C17H24N2O2. The zero-order chi connectivity index (χ0) is 14.5. The molecule has 0 radical (unpaired) electrons. The van der Waals surface area contributed by atoms with Gasteiger partial charge in [0.15, 0.2) is 0 Å². The Morgan fingerprint density at radius 2 is 2.24 bits per heavy atom. The van der Waals surface area contributed by atoms with Crippen molar-refractivity contribution in [2.24, 2.45) is 5.92 Å². The summed E-state index contributed by atoms with van der Waals surface area (Å²) >= 11 is 0. The summed E-state index contributed by atoms with van der Waals surface area (Å²) in [6.45, 7) is 7.95. The first-order valence-electron chi connectivity index (χ1n) is 7.81. The Hall–Kier alpha value is -1.23. The SMILES string of the molecule is C=CCOCC1CCC2C1OCCN2Cc1ccncc1. The van der Waals surface area contributed by atoms with Gasteiger partial charge in [0, 0.05) is 37.4 Å². The summed E-state index contributed by atoms with van der Waals surface area (Å²) in [5.74, 6) is 0.523. The van der Waals surface area contributed by atoms with Gasteiger partial charge in [-0.3, -0.25) is 9.88 Å². The van der Waals surface area contributed by atoms with Crippen LogP contribution in [0.2, 0.25) is 0 Å². The number of hydrogen-bond donors (Lipinski definition) is 0. The van der Waals surface area contributed by atoms with Crippen LogP contribution in [0.5, 0.6) is 0 Å². The molecule has 2 aliphatic rings. The number of aromatic nitrogens is 1. The highest BCUT2D eigenvalue weighted by Crippen LogP contribution is 2.35. The van der Waals surface area contributed by atoms with Gasteiger partial charge in [-0.05, 0) is 30.5 Å². The van der Waals surface area contributed by atoms with Crippen molar-refractivity contribution < 1.29 is 9.47 Å². The van der Waals surface area contributed by atoms with Gasteiger partial charge >= 0.3 is 0 Å². The lowest BCUT2D eigenvalue weighted by atomic mass is 10.0. The van der Waals surface area contributed by atoms with Crippen LogP contribution in [0.4, 0.5) is 0 Å². The van der Waals surface area contributed by atoms with E-state index in [1.165, 1.54) is 18.4 Å². The molecule has 0 N–H and O–H groups in total. The first kappa shape index (κ1) is 14.7. The molecule has 0 aromatic carbocycles. The number of morpholine rings is 1. The van der Waals surface area contributed by atoms with E-state index in [-0.39, 0.29) is 0 Å². The maximum atomic E-state index is 6.05. The van der Waals surface area contributed by atoms with E-state index in [1.807, 2.05) is 18.5 Å². The Kier molecular flexibility index (Phi) is 5.01. The average molecular weight is 288 g/mol. The maximum Gasteiger partial charge on any atom is 0.0781 e. The van der Waals surface area contributed by atoms with Gasteiger partial charge in [-0.2, -0.15) is 0 Å². The Labute approximate surface area is 126 Å². The first-order valence-corrected chi connectivity index (χ1v) is 7.81. The van der Waals surface area contributed by atoms with Crippen LogP contribution < -0.4 is 0 Å². The van der Waals surface area contributed by atoms with Crippen LogP contribution in [-0.2, 0) is 16.0 Å². The van der Waals surface area contributed by atoms with Crippen molar-refractivity contribution in [2.75, 3.05) is 26.4 Å². The van der Waals surface area contributed by atoms with Crippen molar-refractivity contribution in [3.05, 3.63) is 42.7 Å². The van der Waals surface area contributed by atoms with Gasteiger partial charge in [0.25, 0.3) is 0 Å². The molecule has 1 aliphatic heterocycles. The Morgan fingerprint density at radius 3 is 3.05 bits per heavy atom. The summed E-state index contributed by atoms with van der Waals surface area (Å²) in [5.41, 5.74) is 1.33. The average Bonchev–Trinajstić information content (AvgIpc) is 2.93. The largest absolute Gasteiger partial charge is 0.377 e. The summed E-state index contributed by atoms with van der Waals surface area (Å²) < 4.78 is 11.7. The zero-order valence-corrected chi connectivity index (χ0v) is 12.5. The number of rotatable bonds is 6. The Balaban J connectivity index is 1.59. The van der Waals surface area contributed by atoms with Gasteiger partial charge in [0.05, 0.1) is 25.9 Å². The molecule has 3 unspecified atom stereocenters. The van der Waals surface area contributed by atoms with Crippen LogP contribution in [-0.4, -0.2) is 48.4 Å². The number of ether oxygens (including phenoxy) is 2. The van der Waals surface area contributed by atoms with E-state index in [0.29, 0.717) is 24.7 Å². The molecule has 1 aromatic heterocycles. The first-order chi connectivity index (χ1) is 10.4. The monoisotopic (exact) mass is 288 g/mol. The molecule has 3 rings (SSSR count). The van der Waals surface area contributed by atoms with Crippen LogP contribution in [0, 0.1) is 5.92 Å². The van der Waals surface area contributed by atoms with E-state index in [0.717, 1.165) is 26.3 Å². The third kappa shape index (κ3) is 3.51. The summed E-state index contributed by atoms with van der Waals surface area (Å²) in [6.07, 6.45) is 8.27. The number of nitrogens with zero attached hydrogens (tertiary/aromatic N) is 2. The van der Waals surface area contributed by atoms with E-state index in [1.54, 1.807) is 0 Å². The van der Waals surface area contributed by atoms with Gasteiger partial charge in [-0.1, -0.05) is 6.08 Å². The molecule has 1 saturated carbocycles.